The lowest BCUT2D eigenvalue weighted by molar-refractivity contribution is -0.937. The summed E-state index contributed by atoms with van der Waals surface area (Å²) < 4.78 is 7.33. The van der Waals surface area contributed by atoms with Crippen molar-refractivity contribution in [3.63, 3.8) is 0 Å². The highest BCUT2D eigenvalue weighted by atomic mass is 16.5. The van der Waals surface area contributed by atoms with Crippen LogP contribution in [0.15, 0.2) is 12.2 Å². The van der Waals surface area contributed by atoms with Gasteiger partial charge in [-0.15, -0.1) is 0 Å². The Kier molecular flexibility index (Phi) is 18.2. The van der Waals surface area contributed by atoms with Crippen molar-refractivity contribution in [2.24, 2.45) is 0 Å². The van der Waals surface area contributed by atoms with Crippen molar-refractivity contribution in [3.05, 3.63) is 12.2 Å². The smallest absolute Gasteiger partial charge is 0.305 e. The minimum absolute atomic E-state index is 0.0239. The lowest BCUT2D eigenvalue weighted by atomic mass is 10.1. The number of esters is 1. The van der Waals surface area contributed by atoms with E-state index in [4.69, 9.17) is 4.74 Å². The Balaban J connectivity index is 3.47. The van der Waals surface area contributed by atoms with E-state index in [-0.39, 0.29) is 5.97 Å². The third kappa shape index (κ3) is 23.6. The Hall–Kier alpha value is -0.870. The van der Waals surface area contributed by atoms with Gasteiger partial charge in [-0.1, -0.05) is 70.4 Å². The summed E-state index contributed by atoms with van der Waals surface area (Å²) in [5.41, 5.74) is 0. The van der Waals surface area contributed by atoms with Gasteiger partial charge in [0.05, 0.1) is 35.2 Å². The van der Waals surface area contributed by atoms with Gasteiger partial charge in [0.1, 0.15) is 26.2 Å². The highest BCUT2D eigenvalue weighted by molar-refractivity contribution is 5.69. The van der Waals surface area contributed by atoms with Crippen LogP contribution in [0.5, 0.6) is 0 Å². The first-order valence-corrected chi connectivity index (χ1v) is 13.1. The maximum atomic E-state index is 11.9. The number of ether oxygens (including phenoxy) is 1. The molecule has 0 bridgehead atoms. The van der Waals surface area contributed by atoms with E-state index < -0.39 is 0 Å². The van der Waals surface area contributed by atoms with Crippen molar-refractivity contribution in [1.82, 2.24) is 0 Å². The normalized spacial score (nSPS) is 12.6. The summed E-state index contributed by atoms with van der Waals surface area (Å²) in [6, 6.07) is 0. The standard InChI is InChI=1S/C27H56N2O2/c1-7-8-9-10-11-12-13-14-15-16-17-18-19-20-21-22-27(30)31-26-25-29(5,6)24-23-28(2,3)4/h14-15H,7-13,16-26H2,1-6H3/q+2/b15-14-. The van der Waals surface area contributed by atoms with Crippen LogP contribution in [0, 0.1) is 0 Å². The fourth-order valence-corrected chi connectivity index (χ4v) is 3.50. The molecule has 0 atom stereocenters. The fraction of sp³-hybridized carbons (Fsp3) is 0.889. The average Bonchev–Trinajstić information content (AvgIpc) is 2.69. The van der Waals surface area contributed by atoms with Crippen molar-refractivity contribution in [3.8, 4) is 0 Å². The molecule has 4 heteroatoms. The molecular weight excluding hydrogens is 384 g/mol. The van der Waals surface area contributed by atoms with Gasteiger partial charge < -0.3 is 13.7 Å². The summed E-state index contributed by atoms with van der Waals surface area (Å²) in [5.74, 6) is -0.0239. The number of hydrogen-bond donors (Lipinski definition) is 0. The summed E-state index contributed by atoms with van der Waals surface area (Å²) in [4.78, 5) is 11.9. The maximum absolute atomic E-state index is 11.9. The van der Waals surface area contributed by atoms with E-state index in [0.717, 1.165) is 41.4 Å². The SMILES string of the molecule is CCCCCCCC/C=C\CCCCCCCC(=O)OCC[N+](C)(C)CC[N+](C)(C)C. The molecule has 0 saturated carbocycles. The van der Waals surface area contributed by atoms with Crippen LogP contribution in [0.25, 0.3) is 0 Å². The zero-order valence-electron chi connectivity index (χ0n) is 22.1. The second-order valence-electron chi connectivity index (χ2n) is 11.0. The van der Waals surface area contributed by atoms with Gasteiger partial charge in [-0.05, 0) is 32.1 Å². The molecule has 0 N–H and O–H groups in total. The Morgan fingerprint density at radius 2 is 1.19 bits per heavy atom. The van der Waals surface area contributed by atoms with E-state index in [1.165, 1.54) is 70.6 Å². The lowest BCUT2D eigenvalue weighted by Gasteiger charge is -2.33. The number of unbranched alkanes of at least 4 members (excludes halogenated alkanes) is 11. The monoisotopic (exact) mass is 440 g/mol. The molecule has 0 rings (SSSR count). The Morgan fingerprint density at radius 1 is 0.677 bits per heavy atom. The predicted octanol–water partition coefficient (Wildman–Crippen LogP) is 6.35. The molecule has 0 amide bonds. The van der Waals surface area contributed by atoms with Gasteiger partial charge in [0.25, 0.3) is 0 Å². The Labute approximate surface area is 195 Å². The third-order valence-corrected chi connectivity index (χ3v) is 5.98. The van der Waals surface area contributed by atoms with E-state index in [0.29, 0.717) is 13.0 Å². The highest BCUT2D eigenvalue weighted by Gasteiger charge is 2.20. The molecule has 0 unspecified atom stereocenters. The topological polar surface area (TPSA) is 26.3 Å². The average molecular weight is 441 g/mol. The summed E-state index contributed by atoms with van der Waals surface area (Å²) in [6.07, 6.45) is 21.9. The van der Waals surface area contributed by atoms with Crippen molar-refractivity contribution >= 4 is 5.97 Å². The van der Waals surface area contributed by atoms with Gasteiger partial charge in [-0.25, -0.2) is 0 Å². The molecule has 4 nitrogen and oxygen atoms in total. The minimum Gasteiger partial charge on any atom is -0.460 e. The van der Waals surface area contributed by atoms with Gasteiger partial charge in [0.2, 0.25) is 0 Å². The molecule has 0 aliphatic heterocycles. The van der Waals surface area contributed by atoms with Crippen molar-refractivity contribution in [2.45, 2.75) is 96.8 Å². The number of rotatable bonds is 21. The molecule has 31 heavy (non-hydrogen) atoms. The van der Waals surface area contributed by atoms with Gasteiger partial charge in [0, 0.05) is 6.42 Å². The highest BCUT2D eigenvalue weighted by Crippen LogP contribution is 2.10. The zero-order chi connectivity index (χ0) is 23.4. The van der Waals surface area contributed by atoms with Crippen LogP contribution in [0.4, 0.5) is 0 Å². The quantitative estimate of drug-likeness (QED) is 0.0899. The minimum atomic E-state index is -0.0239. The van der Waals surface area contributed by atoms with Gasteiger partial charge >= 0.3 is 5.97 Å². The summed E-state index contributed by atoms with van der Waals surface area (Å²) >= 11 is 0. The van der Waals surface area contributed by atoms with Crippen LogP contribution < -0.4 is 0 Å². The molecule has 0 aliphatic carbocycles. The van der Waals surface area contributed by atoms with Crippen LogP contribution in [0.3, 0.4) is 0 Å². The maximum Gasteiger partial charge on any atom is 0.305 e. The molecule has 0 fully saturated rings. The fourth-order valence-electron chi connectivity index (χ4n) is 3.50. The van der Waals surface area contributed by atoms with Crippen LogP contribution >= 0.6 is 0 Å². The van der Waals surface area contributed by atoms with E-state index >= 15 is 0 Å². The van der Waals surface area contributed by atoms with E-state index in [9.17, 15) is 4.79 Å². The van der Waals surface area contributed by atoms with Crippen molar-refractivity contribution in [1.29, 1.82) is 0 Å². The van der Waals surface area contributed by atoms with E-state index in [2.05, 4.69) is 54.3 Å². The summed E-state index contributed by atoms with van der Waals surface area (Å²) in [7, 11) is 11.1. The summed E-state index contributed by atoms with van der Waals surface area (Å²) in [6.45, 7) is 5.91. The summed E-state index contributed by atoms with van der Waals surface area (Å²) in [5, 5.41) is 0. The second kappa shape index (κ2) is 18.7. The van der Waals surface area contributed by atoms with Crippen molar-refractivity contribution in [2.75, 3.05) is 61.5 Å². The lowest BCUT2D eigenvalue weighted by Crippen LogP contribution is -2.50. The van der Waals surface area contributed by atoms with Crippen LogP contribution in [0.2, 0.25) is 0 Å². The predicted molar refractivity (Wildman–Crippen MR) is 135 cm³/mol. The number of nitrogens with zero attached hydrogens (tertiary/aromatic N) is 2. The molecule has 0 radical (unpaired) electrons. The van der Waals surface area contributed by atoms with Crippen LogP contribution in [-0.2, 0) is 9.53 Å². The van der Waals surface area contributed by atoms with E-state index in [1.54, 1.807) is 0 Å². The molecule has 0 saturated heterocycles. The number of likely N-dealkylation sites (N-methyl/N-ethyl adjacent to an activating group) is 2. The Morgan fingerprint density at radius 3 is 1.74 bits per heavy atom. The van der Waals surface area contributed by atoms with Gasteiger partial charge in [-0.3, -0.25) is 4.79 Å². The molecule has 0 aromatic carbocycles. The molecule has 0 aromatic rings. The zero-order valence-corrected chi connectivity index (χ0v) is 22.1. The number of quaternary nitrogens is 2. The first-order valence-electron chi connectivity index (χ1n) is 13.1. The van der Waals surface area contributed by atoms with Crippen LogP contribution in [0.1, 0.15) is 96.8 Å². The van der Waals surface area contributed by atoms with Gasteiger partial charge in [-0.2, -0.15) is 0 Å². The van der Waals surface area contributed by atoms with Crippen LogP contribution in [-0.4, -0.2) is 76.4 Å². The number of carbonyl (C=O) groups excluding carboxylic acids is 1. The number of hydrogen-bond acceptors (Lipinski definition) is 2. The number of carbonyl (C=O) groups is 1. The molecule has 0 spiro atoms. The largest absolute Gasteiger partial charge is 0.460 e. The number of allylic oxidation sites excluding steroid dienone is 2. The third-order valence-electron chi connectivity index (χ3n) is 5.98. The van der Waals surface area contributed by atoms with Crippen molar-refractivity contribution < 1.29 is 18.5 Å². The molecule has 0 heterocycles. The molecular formula is C27H56N2O2+2. The second-order valence-corrected chi connectivity index (χ2v) is 11.0. The van der Waals surface area contributed by atoms with E-state index in [1.807, 2.05) is 0 Å². The molecule has 0 aliphatic rings. The first kappa shape index (κ1) is 30.1. The first-order chi connectivity index (χ1) is 14.7. The Bertz CT molecular complexity index is 453. The van der Waals surface area contributed by atoms with Gasteiger partial charge in [0.15, 0.2) is 0 Å². The molecule has 184 valence electrons. The molecule has 0 aromatic heterocycles.